The number of benzene rings is 5. The van der Waals surface area contributed by atoms with E-state index in [1.807, 2.05) is 30.3 Å². The van der Waals surface area contributed by atoms with Crippen molar-refractivity contribution < 1.29 is 8.83 Å². The van der Waals surface area contributed by atoms with E-state index in [1.54, 1.807) is 0 Å². The Labute approximate surface area is 190 Å². The molecule has 33 heavy (non-hydrogen) atoms. The molecule has 0 N–H and O–H groups in total. The van der Waals surface area contributed by atoms with Crippen LogP contribution in [0.5, 0.6) is 0 Å². The van der Waals surface area contributed by atoms with Crippen LogP contribution in [0.15, 0.2) is 112 Å². The lowest BCUT2D eigenvalue weighted by Gasteiger charge is -2.09. The molecule has 7 rings (SSSR count). The maximum Gasteiger partial charge on any atom is 0.136 e. The topological polar surface area (TPSA) is 26.3 Å². The summed E-state index contributed by atoms with van der Waals surface area (Å²) in [7, 11) is 0. The van der Waals surface area contributed by atoms with Crippen LogP contribution < -0.4 is 0 Å². The first-order valence-corrected chi connectivity index (χ1v) is 11.2. The number of fused-ring (bicyclic) bond motifs is 6. The van der Waals surface area contributed by atoms with Crippen molar-refractivity contribution in [3.63, 3.8) is 0 Å². The van der Waals surface area contributed by atoms with Crippen LogP contribution in [0.4, 0.5) is 0 Å². The molecule has 7 aromatic rings. The number of para-hydroxylation sites is 1. The van der Waals surface area contributed by atoms with Gasteiger partial charge in [-0.1, -0.05) is 66.7 Å². The van der Waals surface area contributed by atoms with E-state index in [-0.39, 0.29) is 0 Å². The first kappa shape index (κ1) is 18.3. The number of hydrogen-bond donors (Lipinski definition) is 0. The van der Waals surface area contributed by atoms with Gasteiger partial charge in [0.25, 0.3) is 0 Å². The summed E-state index contributed by atoms with van der Waals surface area (Å²) in [4.78, 5) is 0. The van der Waals surface area contributed by atoms with Gasteiger partial charge in [-0.3, -0.25) is 0 Å². The van der Waals surface area contributed by atoms with E-state index in [2.05, 4.69) is 79.7 Å². The van der Waals surface area contributed by atoms with Gasteiger partial charge in [-0.25, -0.2) is 0 Å². The van der Waals surface area contributed by atoms with E-state index in [0.717, 1.165) is 49.6 Å². The summed E-state index contributed by atoms with van der Waals surface area (Å²) in [5.41, 5.74) is 9.52. The average molecular weight is 424 g/mol. The highest BCUT2D eigenvalue weighted by atomic mass is 16.3. The largest absolute Gasteiger partial charge is 0.456 e. The van der Waals surface area contributed by atoms with Crippen molar-refractivity contribution >= 4 is 43.9 Å². The van der Waals surface area contributed by atoms with Crippen LogP contribution in [0, 0.1) is 6.92 Å². The summed E-state index contributed by atoms with van der Waals surface area (Å²) in [6, 6.07) is 35.9. The molecule has 2 aromatic heterocycles. The second kappa shape index (κ2) is 6.85. The van der Waals surface area contributed by atoms with Crippen LogP contribution >= 0.6 is 0 Å². The second-order valence-electron chi connectivity index (χ2n) is 8.62. The number of aryl methyl sites for hydroxylation is 1. The Hall–Kier alpha value is -4.30. The molecule has 2 nitrogen and oxygen atoms in total. The first-order valence-electron chi connectivity index (χ1n) is 11.2. The summed E-state index contributed by atoms with van der Waals surface area (Å²) >= 11 is 0. The fourth-order valence-corrected chi connectivity index (χ4v) is 5.05. The predicted octanol–water partition coefficient (Wildman–Crippen LogP) is 9.13. The molecule has 0 aliphatic carbocycles. The van der Waals surface area contributed by atoms with Crippen molar-refractivity contribution in [3.8, 4) is 22.3 Å². The highest BCUT2D eigenvalue weighted by Gasteiger charge is 2.17. The SMILES string of the molecule is Cc1cccc2oc3ccc(-c4cc(-c5ccccc5)cc5oc6ccccc6c45)cc3c12. The van der Waals surface area contributed by atoms with Gasteiger partial charge in [0.15, 0.2) is 0 Å². The van der Waals surface area contributed by atoms with Gasteiger partial charge in [0.2, 0.25) is 0 Å². The van der Waals surface area contributed by atoms with Crippen molar-refractivity contribution in [1.82, 2.24) is 0 Å². The standard InChI is InChI=1S/C31H20O2/c1-19-8-7-13-28-30(19)25-16-21(14-15-27(25)32-28)24-17-22(20-9-3-2-4-10-20)18-29-31(24)23-11-5-6-12-26(23)33-29/h2-18H,1H3. The van der Waals surface area contributed by atoms with Crippen molar-refractivity contribution in [3.05, 3.63) is 109 Å². The molecule has 0 aliphatic rings. The van der Waals surface area contributed by atoms with Gasteiger partial charge in [0, 0.05) is 21.5 Å². The van der Waals surface area contributed by atoms with Crippen LogP contribution in [-0.4, -0.2) is 0 Å². The van der Waals surface area contributed by atoms with Gasteiger partial charge >= 0.3 is 0 Å². The van der Waals surface area contributed by atoms with Gasteiger partial charge in [-0.2, -0.15) is 0 Å². The third-order valence-electron chi connectivity index (χ3n) is 6.60. The third-order valence-corrected chi connectivity index (χ3v) is 6.60. The Kier molecular flexibility index (Phi) is 3.80. The molecule has 156 valence electrons. The fourth-order valence-electron chi connectivity index (χ4n) is 5.05. The molecule has 0 radical (unpaired) electrons. The third kappa shape index (κ3) is 2.74. The van der Waals surface area contributed by atoms with Gasteiger partial charge in [0.1, 0.15) is 22.3 Å². The minimum atomic E-state index is 0.904. The molecule has 0 aliphatic heterocycles. The lowest BCUT2D eigenvalue weighted by molar-refractivity contribution is 0.668. The smallest absolute Gasteiger partial charge is 0.136 e. The summed E-state index contributed by atoms with van der Waals surface area (Å²) in [5, 5.41) is 4.61. The van der Waals surface area contributed by atoms with E-state index >= 15 is 0 Å². The lowest BCUT2D eigenvalue weighted by Crippen LogP contribution is -1.84. The highest BCUT2D eigenvalue weighted by Crippen LogP contribution is 2.41. The second-order valence-corrected chi connectivity index (χ2v) is 8.62. The van der Waals surface area contributed by atoms with E-state index in [9.17, 15) is 0 Å². The first-order chi connectivity index (χ1) is 16.3. The Morgan fingerprint density at radius 2 is 1.21 bits per heavy atom. The molecule has 0 spiro atoms. The van der Waals surface area contributed by atoms with E-state index in [4.69, 9.17) is 8.83 Å². The van der Waals surface area contributed by atoms with Crippen LogP contribution in [0.1, 0.15) is 5.56 Å². The monoisotopic (exact) mass is 424 g/mol. The summed E-state index contributed by atoms with van der Waals surface area (Å²) in [6.07, 6.45) is 0. The zero-order valence-corrected chi connectivity index (χ0v) is 18.1. The van der Waals surface area contributed by atoms with Gasteiger partial charge in [-0.05, 0) is 71.1 Å². The zero-order valence-electron chi connectivity index (χ0n) is 18.1. The van der Waals surface area contributed by atoms with E-state index < -0.39 is 0 Å². The van der Waals surface area contributed by atoms with Gasteiger partial charge < -0.3 is 8.83 Å². The summed E-state index contributed by atoms with van der Waals surface area (Å²) in [6.45, 7) is 2.14. The molecule has 0 saturated heterocycles. The van der Waals surface area contributed by atoms with Crippen LogP contribution in [0.2, 0.25) is 0 Å². The molecule has 0 bridgehead atoms. The molecule has 0 fully saturated rings. The van der Waals surface area contributed by atoms with E-state index in [0.29, 0.717) is 0 Å². The van der Waals surface area contributed by atoms with Gasteiger partial charge in [0.05, 0.1) is 0 Å². The Morgan fingerprint density at radius 3 is 2.12 bits per heavy atom. The summed E-state index contributed by atoms with van der Waals surface area (Å²) < 4.78 is 12.5. The molecular formula is C31H20O2. The normalized spacial score (nSPS) is 11.8. The van der Waals surface area contributed by atoms with Crippen molar-refractivity contribution in [2.75, 3.05) is 0 Å². The molecule has 0 atom stereocenters. The maximum atomic E-state index is 6.32. The molecular weight excluding hydrogens is 404 g/mol. The van der Waals surface area contributed by atoms with Crippen LogP contribution in [0.25, 0.3) is 66.1 Å². The average Bonchev–Trinajstić information content (AvgIpc) is 3.42. The Bertz CT molecular complexity index is 1820. The van der Waals surface area contributed by atoms with Gasteiger partial charge in [-0.15, -0.1) is 0 Å². The molecule has 2 heterocycles. The summed E-state index contributed by atoms with van der Waals surface area (Å²) in [5.74, 6) is 0. The van der Waals surface area contributed by atoms with Crippen molar-refractivity contribution in [1.29, 1.82) is 0 Å². The van der Waals surface area contributed by atoms with Crippen LogP contribution in [0.3, 0.4) is 0 Å². The molecule has 2 heteroatoms. The minimum absolute atomic E-state index is 0.904. The molecule has 0 unspecified atom stereocenters. The minimum Gasteiger partial charge on any atom is -0.456 e. The lowest BCUT2D eigenvalue weighted by atomic mass is 9.93. The van der Waals surface area contributed by atoms with E-state index in [1.165, 1.54) is 22.1 Å². The molecule has 0 saturated carbocycles. The molecule has 0 amide bonds. The van der Waals surface area contributed by atoms with Crippen LogP contribution in [-0.2, 0) is 0 Å². The quantitative estimate of drug-likeness (QED) is 0.276. The molecule has 5 aromatic carbocycles. The van der Waals surface area contributed by atoms with Crippen molar-refractivity contribution in [2.45, 2.75) is 6.92 Å². The number of hydrogen-bond acceptors (Lipinski definition) is 2. The predicted molar refractivity (Wildman–Crippen MR) is 137 cm³/mol. The fraction of sp³-hybridized carbons (Fsp3) is 0.0323. The number of rotatable bonds is 2. The number of furan rings is 2. The Balaban J connectivity index is 1.59. The van der Waals surface area contributed by atoms with Crippen molar-refractivity contribution in [2.24, 2.45) is 0 Å². The highest BCUT2D eigenvalue weighted by molar-refractivity contribution is 6.15. The zero-order chi connectivity index (χ0) is 21.9. The maximum absolute atomic E-state index is 6.32. The Morgan fingerprint density at radius 1 is 0.455 bits per heavy atom.